The Bertz CT molecular complexity index is 640. The number of anilines is 1. The van der Waals surface area contributed by atoms with Crippen molar-refractivity contribution in [2.75, 3.05) is 5.32 Å². The first kappa shape index (κ1) is 13.9. The van der Waals surface area contributed by atoms with Crippen LogP contribution in [0.3, 0.4) is 0 Å². The van der Waals surface area contributed by atoms with Gasteiger partial charge in [0.05, 0.1) is 29.8 Å². The maximum absolute atomic E-state index is 11.3. The summed E-state index contributed by atoms with van der Waals surface area (Å²) in [6.07, 6.45) is 3.29. The third kappa shape index (κ3) is 2.87. The van der Waals surface area contributed by atoms with Crippen LogP contribution in [0.5, 0.6) is 0 Å². The Labute approximate surface area is 116 Å². The zero-order chi connectivity index (χ0) is 14.7. The topological polar surface area (TPSA) is 101 Å². The van der Waals surface area contributed by atoms with Gasteiger partial charge in [0.15, 0.2) is 5.82 Å². The molecule has 2 heterocycles. The van der Waals surface area contributed by atoms with Crippen LogP contribution in [-0.2, 0) is 6.54 Å². The molecule has 0 spiro atoms. The summed E-state index contributed by atoms with van der Waals surface area (Å²) in [6, 6.07) is 0. The van der Waals surface area contributed by atoms with Crippen molar-refractivity contribution in [2.24, 2.45) is 0 Å². The fourth-order valence-corrected chi connectivity index (χ4v) is 1.68. The van der Waals surface area contributed by atoms with Crippen LogP contribution in [0, 0.1) is 20.8 Å². The number of aromatic carboxylic acids is 1. The van der Waals surface area contributed by atoms with E-state index in [0.29, 0.717) is 23.5 Å². The molecule has 20 heavy (non-hydrogen) atoms. The van der Waals surface area contributed by atoms with Crippen LogP contribution in [0.2, 0.25) is 0 Å². The smallest absolute Gasteiger partial charge is 0.339 e. The van der Waals surface area contributed by atoms with Crippen LogP contribution in [-0.4, -0.2) is 31.2 Å². The molecule has 7 nitrogen and oxygen atoms in total. The van der Waals surface area contributed by atoms with Gasteiger partial charge in [-0.05, 0) is 26.3 Å². The normalized spacial score (nSPS) is 10.3. The van der Waals surface area contributed by atoms with Gasteiger partial charge in [0.1, 0.15) is 5.56 Å². The number of rotatable bonds is 4. The summed E-state index contributed by atoms with van der Waals surface area (Å²) in [6.45, 7) is 5.63. The molecule has 0 unspecified atom stereocenters. The van der Waals surface area contributed by atoms with E-state index in [9.17, 15) is 9.90 Å². The lowest BCUT2D eigenvalue weighted by atomic mass is 10.1. The summed E-state index contributed by atoms with van der Waals surface area (Å²) in [5.74, 6) is -0.791. The number of nitrogens with one attached hydrogen (secondary N) is 1. The molecule has 2 rings (SSSR count). The predicted octanol–water partition coefficient (Wildman–Crippen LogP) is 1.50. The molecule has 0 saturated heterocycles. The van der Waals surface area contributed by atoms with E-state index in [4.69, 9.17) is 0 Å². The third-order valence-electron chi connectivity index (χ3n) is 2.94. The number of carboxylic acids is 1. The third-order valence-corrected chi connectivity index (χ3v) is 2.94. The van der Waals surface area contributed by atoms with Crippen molar-refractivity contribution in [3.8, 4) is 0 Å². The summed E-state index contributed by atoms with van der Waals surface area (Å²) >= 11 is 0. The number of hydrogen-bond donors (Lipinski definition) is 2. The second-order valence-corrected chi connectivity index (χ2v) is 4.44. The van der Waals surface area contributed by atoms with E-state index in [1.807, 2.05) is 6.92 Å². The highest BCUT2D eigenvalue weighted by Crippen LogP contribution is 2.18. The van der Waals surface area contributed by atoms with Gasteiger partial charge < -0.3 is 10.4 Å². The summed E-state index contributed by atoms with van der Waals surface area (Å²) in [5.41, 5.74) is 2.86. The van der Waals surface area contributed by atoms with E-state index >= 15 is 0 Å². The molecule has 104 valence electrons. The first-order valence-corrected chi connectivity index (χ1v) is 6.07. The molecule has 7 heteroatoms. The van der Waals surface area contributed by atoms with Gasteiger partial charge in [-0.15, -0.1) is 5.10 Å². The molecule has 0 saturated carbocycles. The molecule has 0 aliphatic heterocycles. The van der Waals surface area contributed by atoms with Crippen molar-refractivity contribution in [3.63, 3.8) is 0 Å². The van der Waals surface area contributed by atoms with Gasteiger partial charge >= 0.3 is 5.97 Å². The summed E-state index contributed by atoms with van der Waals surface area (Å²) < 4.78 is 0. The molecule has 0 aliphatic rings. The van der Waals surface area contributed by atoms with Crippen LogP contribution in [0.25, 0.3) is 0 Å². The van der Waals surface area contributed by atoms with Crippen molar-refractivity contribution in [3.05, 3.63) is 40.6 Å². The average molecular weight is 273 g/mol. The van der Waals surface area contributed by atoms with E-state index in [-0.39, 0.29) is 11.4 Å². The van der Waals surface area contributed by atoms with Crippen LogP contribution in [0.15, 0.2) is 12.4 Å². The van der Waals surface area contributed by atoms with Gasteiger partial charge in [0.2, 0.25) is 0 Å². The van der Waals surface area contributed by atoms with Crippen LogP contribution >= 0.6 is 0 Å². The number of nitrogens with zero attached hydrogens (tertiary/aromatic N) is 4. The van der Waals surface area contributed by atoms with Crippen molar-refractivity contribution in [1.29, 1.82) is 0 Å². The fraction of sp³-hybridized carbons (Fsp3) is 0.308. The van der Waals surface area contributed by atoms with Gasteiger partial charge in [0.25, 0.3) is 0 Å². The lowest BCUT2D eigenvalue weighted by molar-refractivity contribution is 0.0696. The number of aromatic nitrogens is 4. The zero-order valence-corrected chi connectivity index (χ0v) is 11.5. The molecule has 0 bridgehead atoms. The van der Waals surface area contributed by atoms with Gasteiger partial charge in [0, 0.05) is 6.20 Å². The largest absolute Gasteiger partial charge is 0.478 e. The van der Waals surface area contributed by atoms with E-state index in [1.54, 1.807) is 26.2 Å². The maximum Gasteiger partial charge on any atom is 0.339 e. The Morgan fingerprint density at radius 2 is 1.95 bits per heavy atom. The lowest BCUT2D eigenvalue weighted by Gasteiger charge is -2.10. The molecule has 0 fully saturated rings. The molecule has 0 amide bonds. The van der Waals surface area contributed by atoms with Crippen molar-refractivity contribution >= 4 is 11.8 Å². The van der Waals surface area contributed by atoms with Crippen molar-refractivity contribution in [1.82, 2.24) is 20.2 Å². The van der Waals surface area contributed by atoms with E-state index in [0.717, 1.165) is 5.69 Å². The predicted molar refractivity (Wildman–Crippen MR) is 72.6 cm³/mol. The minimum atomic E-state index is -1.03. The molecular formula is C13H15N5O2. The highest BCUT2D eigenvalue weighted by Gasteiger charge is 2.17. The SMILES string of the molecule is Cc1cnc(CNc2nnc(C)c(C)c2C(=O)O)cn1. The highest BCUT2D eigenvalue weighted by molar-refractivity contribution is 5.94. The molecule has 2 aromatic heterocycles. The minimum Gasteiger partial charge on any atom is -0.478 e. The van der Waals surface area contributed by atoms with Crippen LogP contribution < -0.4 is 5.32 Å². The molecule has 0 atom stereocenters. The number of carboxylic acid groups (broad SMARTS) is 1. The van der Waals surface area contributed by atoms with E-state index in [1.165, 1.54) is 0 Å². The first-order chi connectivity index (χ1) is 9.49. The fourth-order valence-electron chi connectivity index (χ4n) is 1.68. The quantitative estimate of drug-likeness (QED) is 0.870. The average Bonchev–Trinajstić information content (AvgIpc) is 2.41. The monoisotopic (exact) mass is 273 g/mol. The van der Waals surface area contributed by atoms with Gasteiger partial charge in [-0.2, -0.15) is 5.10 Å². The van der Waals surface area contributed by atoms with Crippen LogP contribution in [0.4, 0.5) is 5.82 Å². The highest BCUT2D eigenvalue weighted by atomic mass is 16.4. The van der Waals surface area contributed by atoms with Crippen molar-refractivity contribution in [2.45, 2.75) is 27.3 Å². The van der Waals surface area contributed by atoms with Crippen molar-refractivity contribution < 1.29 is 9.90 Å². The van der Waals surface area contributed by atoms with Gasteiger partial charge in [-0.1, -0.05) is 0 Å². The second-order valence-electron chi connectivity index (χ2n) is 4.44. The molecule has 0 aliphatic carbocycles. The summed E-state index contributed by atoms with van der Waals surface area (Å²) in [5, 5.41) is 20.0. The first-order valence-electron chi connectivity index (χ1n) is 6.07. The molecular weight excluding hydrogens is 258 g/mol. The standard InChI is InChI=1S/C13H15N5O2/c1-7-4-15-10(5-14-7)6-16-12-11(13(19)20)8(2)9(3)17-18-12/h4-5H,6H2,1-3H3,(H,16,18)(H,19,20). The Hall–Kier alpha value is -2.57. The molecule has 2 N–H and O–H groups in total. The Balaban J connectivity index is 2.23. The van der Waals surface area contributed by atoms with Gasteiger partial charge in [-0.3, -0.25) is 9.97 Å². The molecule has 0 aromatic carbocycles. The molecule has 2 aromatic rings. The van der Waals surface area contributed by atoms with Crippen LogP contribution in [0.1, 0.15) is 33.0 Å². The maximum atomic E-state index is 11.3. The number of hydrogen-bond acceptors (Lipinski definition) is 6. The Morgan fingerprint density at radius 1 is 1.20 bits per heavy atom. The lowest BCUT2D eigenvalue weighted by Crippen LogP contribution is -2.13. The minimum absolute atomic E-state index is 0.137. The van der Waals surface area contributed by atoms with E-state index < -0.39 is 5.97 Å². The zero-order valence-electron chi connectivity index (χ0n) is 11.5. The summed E-state index contributed by atoms with van der Waals surface area (Å²) in [7, 11) is 0. The second kappa shape index (κ2) is 5.60. The molecule has 0 radical (unpaired) electrons. The number of carbonyl (C=O) groups is 1. The number of aryl methyl sites for hydroxylation is 2. The Kier molecular flexibility index (Phi) is 3.88. The van der Waals surface area contributed by atoms with E-state index in [2.05, 4.69) is 25.5 Å². The van der Waals surface area contributed by atoms with Gasteiger partial charge in [-0.25, -0.2) is 4.79 Å². The Morgan fingerprint density at radius 3 is 2.55 bits per heavy atom. The summed E-state index contributed by atoms with van der Waals surface area (Å²) in [4.78, 5) is 19.6.